The predicted molar refractivity (Wildman–Crippen MR) is 58.7 cm³/mol. The maximum absolute atomic E-state index is 9.30. The molecule has 2 saturated heterocycles. The molecule has 2 fully saturated rings. The minimum absolute atomic E-state index is 0.295. The Kier molecular flexibility index (Phi) is 4.10. The van der Waals surface area contributed by atoms with Crippen LogP contribution >= 0.6 is 11.8 Å². The molecule has 2 rings (SSSR count). The SMILES string of the molecule is OC[C@H]1CSCCN1C1CCCOC1. The average molecular weight is 217 g/mol. The molecule has 3 nitrogen and oxygen atoms in total. The van der Waals surface area contributed by atoms with E-state index in [0.717, 1.165) is 25.5 Å². The standard InChI is InChI=1S/C10H19NO2S/c12-6-10-8-14-5-3-11(10)9-2-1-4-13-7-9/h9-10,12H,1-8H2/t9?,10-/m0/s1. The lowest BCUT2D eigenvalue weighted by atomic mass is 10.1. The smallest absolute Gasteiger partial charge is 0.0621 e. The van der Waals surface area contributed by atoms with Crippen LogP contribution in [0, 0.1) is 0 Å². The van der Waals surface area contributed by atoms with Gasteiger partial charge in [0.2, 0.25) is 0 Å². The summed E-state index contributed by atoms with van der Waals surface area (Å²) in [5, 5.41) is 9.30. The molecule has 0 amide bonds. The summed E-state index contributed by atoms with van der Waals surface area (Å²) >= 11 is 1.95. The number of hydrogen-bond acceptors (Lipinski definition) is 4. The number of ether oxygens (including phenoxy) is 1. The van der Waals surface area contributed by atoms with E-state index in [-0.39, 0.29) is 0 Å². The second-order valence-electron chi connectivity index (χ2n) is 4.02. The van der Waals surface area contributed by atoms with Crippen molar-refractivity contribution >= 4 is 11.8 Å². The van der Waals surface area contributed by atoms with Gasteiger partial charge in [-0.3, -0.25) is 4.90 Å². The summed E-state index contributed by atoms with van der Waals surface area (Å²) in [6.45, 7) is 3.19. The Balaban J connectivity index is 1.91. The van der Waals surface area contributed by atoms with Gasteiger partial charge in [-0.25, -0.2) is 0 Å². The fraction of sp³-hybridized carbons (Fsp3) is 1.00. The van der Waals surface area contributed by atoms with Crippen molar-refractivity contribution in [2.24, 2.45) is 0 Å². The number of aliphatic hydroxyl groups is 1. The van der Waals surface area contributed by atoms with E-state index in [2.05, 4.69) is 4.90 Å². The zero-order chi connectivity index (χ0) is 9.80. The minimum atomic E-state index is 0.295. The number of thioether (sulfide) groups is 1. The fourth-order valence-corrected chi connectivity index (χ4v) is 3.37. The van der Waals surface area contributed by atoms with E-state index in [1.807, 2.05) is 11.8 Å². The molecular weight excluding hydrogens is 198 g/mol. The molecule has 0 bridgehead atoms. The average Bonchev–Trinajstić information content (AvgIpc) is 2.30. The van der Waals surface area contributed by atoms with E-state index >= 15 is 0 Å². The molecule has 2 heterocycles. The Morgan fingerprint density at radius 2 is 2.43 bits per heavy atom. The molecule has 0 aromatic carbocycles. The van der Waals surface area contributed by atoms with Gasteiger partial charge in [-0.2, -0.15) is 11.8 Å². The van der Waals surface area contributed by atoms with Crippen LogP contribution in [0.1, 0.15) is 12.8 Å². The molecule has 0 aromatic heterocycles. The number of rotatable bonds is 2. The molecular formula is C10H19NO2S. The molecule has 0 spiro atoms. The van der Waals surface area contributed by atoms with Crippen LogP contribution in [0.3, 0.4) is 0 Å². The van der Waals surface area contributed by atoms with Gasteiger partial charge in [0.25, 0.3) is 0 Å². The molecule has 2 aliphatic heterocycles. The third-order valence-corrected chi connectivity index (χ3v) is 4.18. The molecule has 14 heavy (non-hydrogen) atoms. The van der Waals surface area contributed by atoms with Crippen LogP contribution in [-0.2, 0) is 4.74 Å². The first-order valence-corrected chi connectivity index (χ1v) is 6.59. The molecule has 0 radical (unpaired) electrons. The Labute approximate surface area is 89.8 Å². The van der Waals surface area contributed by atoms with E-state index in [9.17, 15) is 5.11 Å². The molecule has 82 valence electrons. The predicted octanol–water partition coefficient (Wildman–Crippen LogP) is 0.575. The van der Waals surface area contributed by atoms with Crippen LogP contribution in [0.4, 0.5) is 0 Å². The summed E-state index contributed by atoms with van der Waals surface area (Å²) in [5.41, 5.74) is 0. The second-order valence-corrected chi connectivity index (χ2v) is 5.17. The van der Waals surface area contributed by atoms with E-state index in [1.54, 1.807) is 0 Å². The molecule has 1 unspecified atom stereocenters. The van der Waals surface area contributed by atoms with E-state index < -0.39 is 0 Å². The van der Waals surface area contributed by atoms with Gasteiger partial charge in [0.05, 0.1) is 13.2 Å². The zero-order valence-corrected chi connectivity index (χ0v) is 9.34. The lowest BCUT2D eigenvalue weighted by Gasteiger charge is -2.41. The van der Waals surface area contributed by atoms with Crippen molar-refractivity contribution in [3.63, 3.8) is 0 Å². The van der Waals surface area contributed by atoms with Crippen LogP contribution < -0.4 is 0 Å². The van der Waals surface area contributed by atoms with Crippen LogP contribution in [-0.4, -0.2) is 60.0 Å². The lowest BCUT2D eigenvalue weighted by Crippen LogP contribution is -2.52. The van der Waals surface area contributed by atoms with Gasteiger partial charge in [0.1, 0.15) is 0 Å². The Morgan fingerprint density at radius 1 is 1.50 bits per heavy atom. The van der Waals surface area contributed by atoms with Crippen molar-refractivity contribution in [3.05, 3.63) is 0 Å². The van der Waals surface area contributed by atoms with Crippen molar-refractivity contribution in [2.45, 2.75) is 24.9 Å². The summed E-state index contributed by atoms with van der Waals surface area (Å²) in [6, 6.07) is 0.919. The molecule has 4 heteroatoms. The monoisotopic (exact) mass is 217 g/mol. The largest absolute Gasteiger partial charge is 0.395 e. The third-order valence-electron chi connectivity index (χ3n) is 3.09. The zero-order valence-electron chi connectivity index (χ0n) is 8.52. The third kappa shape index (κ3) is 2.42. The first kappa shape index (κ1) is 10.7. The first-order chi connectivity index (χ1) is 6.92. The van der Waals surface area contributed by atoms with E-state index in [0.29, 0.717) is 18.7 Å². The van der Waals surface area contributed by atoms with Gasteiger partial charge >= 0.3 is 0 Å². The highest BCUT2D eigenvalue weighted by Crippen LogP contribution is 2.22. The molecule has 1 N–H and O–H groups in total. The number of aliphatic hydroxyl groups excluding tert-OH is 1. The van der Waals surface area contributed by atoms with Crippen molar-refractivity contribution in [1.82, 2.24) is 4.90 Å². The Morgan fingerprint density at radius 3 is 3.14 bits per heavy atom. The first-order valence-electron chi connectivity index (χ1n) is 5.44. The molecule has 2 aliphatic rings. The van der Waals surface area contributed by atoms with Gasteiger partial charge in [0, 0.05) is 36.7 Å². The van der Waals surface area contributed by atoms with Gasteiger partial charge in [-0.15, -0.1) is 0 Å². The summed E-state index contributed by atoms with van der Waals surface area (Å²) in [4.78, 5) is 2.45. The number of nitrogens with zero attached hydrogens (tertiary/aromatic N) is 1. The Hall–Kier alpha value is 0.230. The molecule has 0 aromatic rings. The number of hydrogen-bond donors (Lipinski definition) is 1. The molecule has 0 saturated carbocycles. The van der Waals surface area contributed by atoms with E-state index in [1.165, 1.54) is 18.6 Å². The van der Waals surface area contributed by atoms with Gasteiger partial charge in [0.15, 0.2) is 0 Å². The summed E-state index contributed by atoms with van der Waals surface area (Å²) in [5.74, 6) is 2.28. The maximum atomic E-state index is 9.30. The summed E-state index contributed by atoms with van der Waals surface area (Å²) in [7, 11) is 0. The van der Waals surface area contributed by atoms with Gasteiger partial charge in [-0.05, 0) is 12.8 Å². The molecule has 2 atom stereocenters. The fourth-order valence-electron chi connectivity index (χ4n) is 2.29. The van der Waals surface area contributed by atoms with Crippen LogP contribution in [0.15, 0.2) is 0 Å². The van der Waals surface area contributed by atoms with Gasteiger partial charge < -0.3 is 9.84 Å². The normalized spacial score (nSPS) is 35.8. The van der Waals surface area contributed by atoms with Crippen molar-refractivity contribution < 1.29 is 9.84 Å². The van der Waals surface area contributed by atoms with Crippen LogP contribution in [0.25, 0.3) is 0 Å². The minimum Gasteiger partial charge on any atom is -0.395 e. The topological polar surface area (TPSA) is 32.7 Å². The summed E-state index contributed by atoms with van der Waals surface area (Å²) in [6.07, 6.45) is 2.41. The van der Waals surface area contributed by atoms with Crippen LogP contribution in [0.5, 0.6) is 0 Å². The van der Waals surface area contributed by atoms with Crippen molar-refractivity contribution in [2.75, 3.05) is 37.9 Å². The summed E-state index contributed by atoms with van der Waals surface area (Å²) < 4.78 is 5.50. The highest BCUT2D eigenvalue weighted by atomic mass is 32.2. The quantitative estimate of drug-likeness (QED) is 0.733. The van der Waals surface area contributed by atoms with Crippen LogP contribution in [0.2, 0.25) is 0 Å². The van der Waals surface area contributed by atoms with E-state index in [4.69, 9.17) is 4.74 Å². The highest BCUT2D eigenvalue weighted by molar-refractivity contribution is 7.99. The molecule has 0 aliphatic carbocycles. The highest BCUT2D eigenvalue weighted by Gasteiger charge is 2.29. The second kappa shape index (κ2) is 5.35. The van der Waals surface area contributed by atoms with Crippen molar-refractivity contribution in [1.29, 1.82) is 0 Å². The lowest BCUT2D eigenvalue weighted by molar-refractivity contribution is -0.00488. The maximum Gasteiger partial charge on any atom is 0.0621 e. The van der Waals surface area contributed by atoms with Gasteiger partial charge in [-0.1, -0.05) is 0 Å². The van der Waals surface area contributed by atoms with Crippen molar-refractivity contribution in [3.8, 4) is 0 Å². The Bertz CT molecular complexity index is 174.